The molecule has 0 aliphatic heterocycles. The minimum absolute atomic E-state index is 0.261. The number of carbonyl (C=O) groups is 2. The van der Waals surface area contributed by atoms with Gasteiger partial charge in [0.25, 0.3) is 11.8 Å². The molecule has 0 atom stereocenters. The highest BCUT2D eigenvalue weighted by Gasteiger charge is 2.37. The third-order valence-electron chi connectivity index (χ3n) is 6.30. The first-order chi connectivity index (χ1) is 17.8. The lowest BCUT2D eigenvalue weighted by atomic mass is 9.95. The molecule has 0 heterocycles. The number of benzene rings is 3. The number of amides is 2. The predicted molar refractivity (Wildman–Crippen MR) is 140 cm³/mol. The first kappa shape index (κ1) is 28.4. The number of nitrogens with zero attached hydrogens (tertiary/aromatic N) is 2. The summed E-state index contributed by atoms with van der Waals surface area (Å²) in [6, 6.07) is 11.9. The van der Waals surface area contributed by atoms with Gasteiger partial charge in [-0.3, -0.25) is 19.7 Å². The van der Waals surface area contributed by atoms with Gasteiger partial charge in [0.05, 0.1) is 16.1 Å². The Morgan fingerprint density at radius 1 is 1.05 bits per heavy atom. The van der Waals surface area contributed by atoms with E-state index in [0.29, 0.717) is 12.1 Å². The maximum atomic E-state index is 13.5. The lowest BCUT2D eigenvalue weighted by Gasteiger charge is -2.21. The van der Waals surface area contributed by atoms with Crippen LogP contribution in [0.15, 0.2) is 54.6 Å². The van der Waals surface area contributed by atoms with Crippen LogP contribution in [-0.4, -0.2) is 23.8 Å². The van der Waals surface area contributed by atoms with Crippen LogP contribution in [0.3, 0.4) is 0 Å². The Hall–Kier alpha value is -4.21. The second kappa shape index (κ2) is 11.0. The SMILES string of the molecule is CCc1cc(C(C)C)cc(C)c1NC(=O)c1cccc(N(C)C(=O)c2ccccc2C(F)(F)F)c1[N+](=O)[O-]. The smallest absolute Gasteiger partial charge is 0.321 e. The Morgan fingerprint density at radius 2 is 1.68 bits per heavy atom. The molecule has 0 fully saturated rings. The molecule has 10 heteroatoms. The molecule has 0 saturated carbocycles. The van der Waals surface area contributed by atoms with E-state index in [9.17, 15) is 32.9 Å². The second-order valence-corrected chi connectivity index (χ2v) is 9.17. The lowest BCUT2D eigenvalue weighted by molar-refractivity contribution is -0.384. The average Bonchev–Trinajstić information content (AvgIpc) is 2.87. The summed E-state index contributed by atoms with van der Waals surface area (Å²) in [5.74, 6) is -1.62. The largest absolute Gasteiger partial charge is 0.417 e. The van der Waals surface area contributed by atoms with Crippen molar-refractivity contribution in [2.75, 3.05) is 17.3 Å². The Labute approximate surface area is 218 Å². The van der Waals surface area contributed by atoms with Crippen LogP contribution in [0.5, 0.6) is 0 Å². The van der Waals surface area contributed by atoms with Gasteiger partial charge in [-0.1, -0.05) is 51.1 Å². The molecule has 0 radical (unpaired) electrons. The maximum absolute atomic E-state index is 13.5. The summed E-state index contributed by atoms with van der Waals surface area (Å²) in [5, 5.41) is 14.9. The van der Waals surface area contributed by atoms with E-state index >= 15 is 0 Å². The number of hydrogen-bond donors (Lipinski definition) is 1. The topological polar surface area (TPSA) is 92.6 Å². The van der Waals surface area contributed by atoms with Gasteiger partial charge in [0.1, 0.15) is 11.3 Å². The molecule has 0 aromatic heterocycles. The van der Waals surface area contributed by atoms with Crippen LogP contribution in [0.2, 0.25) is 0 Å². The van der Waals surface area contributed by atoms with E-state index < -0.39 is 39.7 Å². The zero-order valence-electron chi connectivity index (χ0n) is 21.6. The van der Waals surface area contributed by atoms with Gasteiger partial charge in [0.2, 0.25) is 0 Å². The normalized spacial score (nSPS) is 11.4. The van der Waals surface area contributed by atoms with Crippen LogP contribution in [-0.2, 0) is 12.6 Å². The van der Waals surface area contributed by atoms with Gasteiger partial charge in [0.15, 0.2) is 0 Å². The molecule has 0 aliphatic rings. The zero-order chi connectivity index (χ0) is 28.4. The van der Waals surface area contributed by atoms with E-state index in [1.165, 1.54) is 24.3 Å². The lowest BCUT2D eigenvalue weighted by Crippen LogP contribution is -2.30. The molecule has 0 unspecified atom stereocenters. The van der Waals surface area contributed by atoms with Crippen molar-refractivity contribution in [3.8, 4) is 0 Å². The summed E-state index contributed by atoms with van der Waals surface area (Å²) in [5.41, 5.74) is 0.0986. The summed E-state index contributed by atoms with van der Waals surface area (Å²) in [4.78, 5) is 38.4. The molecule has 3 aromatic rings. The standard InChI is InChI=1S/C28H28F3N3O4/c1-6-18-15-19(16(2)3)14-17(4)24(18)32-26(35)21-11-9-13-23(25(21)34(37)38)33(5)27(36)20-10-7-8-12-22(20)28(29,30)31/h7-16H,6H2,1-5H3,(H,32,35). The molecular formula is C28H28F3N3O4. The van der Waals surface area contributed by atoms with Crippen molar-refractivity contribution in [2.45, 2.75) is 46.2 Å². The van der Waals surface area contributed by atoms with Crippen molar-refractivity contribution in [3.05, 3.63) is 98.1 Å². The van der Waals surface area contributed by atoms with Crippen molar-refractivity contribution >= 4 is 28.9 Å². The fraction of sp³-hybridized carbons (Fsp3) is 0.286. The zero-order valence-corrected chi connectivity index (χ0v) is 21.6. The van der Waals surface area contributed by atoms with Gasteiger partial charge >= 0.3 is 11.9 Å². The minimum atomic E-state index is -4.80. The maximum Gasteiger partial charge on any atom is 0.417 e. The van der Waals surface area contributed by atoms with Gasteiger partial charge in [-0.05, 0) is 60.2 Å². The van der Waals surface area contributed by atoms with Crippen LogP contribution < -0.4 is 10.2 Å². The number of nitro benzene ring substituents is 1. The molecule has 200 valence electrons. The van der Waals surface area contributed by atoms with Crippen LogP contribution in [0.1, 0.15) is 69.7 Å². The number of rotatable bonds is 7. The summed E-state index contributed by atoms with van der Waals surface area (Å²) in [6.45, 7) is 7.85. The van der Waals surface area contributed by atoms with Crippen molar-refractivity contribution in [2.24, 2.45) is 0 Å². The van der Waals surface area contributed by atoms with E-state index in [-0.39, 0.29) is 17.2 Å². The Morgan fingerprint density at radius 3 is 2.26 bits per heavy atom. The van der Waals surface area contributed by atoms with E-state index in [2.05, 4.69) is 5.32 Å². The third-order valence-corrected chi connectivity index (χ3v) is 6.30. The molecule has 0 bridgehead atoms. The van der Waals surface area contributed by atoms with Gasteiger partial charge in [-0.2, -0.15) is 13.2 Å². The number of anilines is 2. The molecule has 3 aromatic carbocycles. The van der Waals surface area contributed by atoms with Crippen LogP contribution >= 0.6 is 0 Å². The molecule has 3 rings (SSSR count). The third kappa shape index (κ3) is 5.69. The molecule has 0 spiro atoms. The van der Waals surface area contributed by atoms with Crippen LogP contribution in [0, 0.1) is 17.0 Å². The Kier molecular flexibility index (Phi) is 8.24. The summed E-state index contributed by atoms with van der Waals surface area (Å²) in [7, 11) is 1.13. The van der Waals surface area contributed by atoms with Crippen LogP contribution in [0.4, 0.5) is 30.2 Å². The monoisotopic (exact) mass is 527 g/mol. The quantitative estimate of drug-likeness (QED) is 0.261. The van der Waals surface area contributed by atoms with Gasteiger partial charge < -0.3 is 10.2 Å². The highest BCUT2D eigenvalue weighted by molar-refractivity contribution is 6.12. The number of hydrogen-bond acceptors (Lipinski definition) is 4. The number of halogens is 3. The van der Waals surface area contributed by atoms with Crippen molar-refractivity contribution in [3.63, 3.8) is 0 Å². The fourth-order valence-corrected chi connectivity index (χ4v) is 4.25. The van der Waals surface area contributed by atoms with Crippen molar-refractivity contribution < 1.29 is 27.7 Å². The predicted octanol–water partition coefficient (Wildman–Crippen LogP) is 7.14. The van der Waals surface area contributed by atoms with Crippen molar-refractivity contribution in [1.82, 2.24) is 0 Å². The molecular weight excluding hydrogens is 499 g/mol. The summed E-state index contributed by atoms with van der Waals surface area (Å²) in [6.07, 6.45) is -4.20. The molecule has 1 N–H and O–H groups in total. The Balaban J connectivity index is 2.06. The Bertz CT molecular complexity index is 1400. The van der Waals surface area contributed by atoms with Gasteiger partial charge in [-0.25, -0.2) is 0 Å². The van der Waals surface area contributed by atoms with Crippen LogP contribution in [0.25, 0.3) is 0 Å². The molecule has 38 heavy (non-hydrogen) atoms. The van der Waals surface area contributed by atoms with E-state index in [4.69, 9.17) is 0 Å². The summed E-state index contributed by atoms with van der Waals surface area (Å²) >= 11 is 0. The summed E-state index contributed by atoms with van der Waals surface area (Å²) < 4.78 is 40.5. The molecule has 0 saturated heterocycles. The van der Waals surface area contributed by atoms with E-state index in [0.717, 1.165) is 46.8 Å². The number of para-hydroxylation sites is 1. The van der Waals surface area contributed by atoms with Gasteiger partial charge in [0, 0.05) is 12.7 Å². The number of nitro groups is 1. The number of alkyl halides is 3. The highest BCUT2D eigenvalue weighted by Crippen LogP contribution is 2.36. The number of carbonyl (C=O) groups excluding carboxylic acids is 2. The second-order valence-electron chi connectivity index (χ2n) is 9.17. The molecule has 2 amide bonds. The van der Waals surface area contributed by atoms with Gasteiger partial charge in [-0.15, -0.1) is 0 Å². The fourth-order valence-electron chi connectivity index (χ4n) is 4.25. The molecule has 7 nitrogen and oxygen atoms in total. The molecule has 0 aliphatic carbocycles. The van der Waals surface area contributed by atoms with E-state index in [1.54, 1.807) is 0 Å². The first-order valence-electron chi connectivity index (χ1n) is 11.9. The van der Waals surface area contributed by atoms with E-state index in [1.807, 2.05) is 39.8 Å². The average molecular weight is 528 g/mol. The number of nitrogens with one attached hydrogen (secondary N) is 1. The number of aryl methyl sites for hydroxylation is 2. The highest BCUT2D eigenvalue weighted by atomic mass is 19.4. The minimum Gasteiger partial charge on any atom is -0.321 e. The van der Waals surface area contributed by atoms with Crippen molar-refractivity contribution in [1.29, 1.82) is 0 Å². The first-order valence-corrected chi connectivity index (χ1v) is 11.9.